The lowest BCUT2D eigenvalue weighted by Gasteiger charge is -2.12. The fourth-order valence-electron chi connectivity index (χ4n) is 2.31. The maximum Gasteiger partial charge on any atom is 0.279 e. The van der Waals surface area contributed by atoms with E-state index in [2.05, 4.69) is 10.9 Å². The van der Waals surface area contributed by atoms with Crippen LogP contribution in [0, 0.1) is 0 Å². The number of ether oxygens (including phenoxy) is 1. The van der Waals surface area contributed by atoms with Gasteiger partial charge in [0.25, 0.3) is 5.91 Å². The van der Waals surface area contributed by atoms with Gasteiger partial charge in [-0.25, -0.2) is 0 Å². The van der Waals surface area contributed by atoms with Gasteiger partial charge in [-0.1, -0.05) is 41.4 Å². The number of carbonyl (C=O) groups excluding carboxylic acids is 2. The van der Waals surface area contributed by atoms with Crippen LogP contribution >= 0.6 is 35.0 Å². The number of halogens is 2. The molecule has 8 heteroatoms. The Bertz CT molecular complexity index is 791. The molecule has 2 amide bonds. The summed E-state index contributed by atoms with van der Waals surface area (Å²) in [6.45, 7) is 0. The average molecular weight is 397 g/mol. The normalized spacial score (nSPS) is 15.2. The highest BCUT2D eigenvalue weighted by Crippen LogP contribution is 2.30. The van der Waals surface area contributed by atoms with Crippen LogP contribution in [0.15, 0.2) is 47.4 Å². The number of carbonyl (C=O) groups is 2. The van der Waals surface area contributed by atoms with Gasteiger partial charge in [0.1, 0.15) is 5.75 Å². The maximum atomic E-state index is 12.1. The van der Waals surface area contributed by atoms with Crippen LogP contribution in [0.2, 0.25) is 10.0 Å². The fraction of sp³-hybridized carbons (Fsp3) is 0.176. The lowest BCUT2D eigenvalue weighted by Crippen LogP contribution is -2.48. The molecular weight excluding hydrogens is 383 g/mol. The molecule has 25 heavy (non-hydrogen) atoms. The standard InChI is InChI=1S/C17H14Cl2N2O3S/c18-11-5-6-12(19)15(8-11)25-9-16(22)20-21-17(23)14-7-10-3-1-2-4-13(10)24-14/h1-6,8,14H,7,9H2,(H,20,22)(H,21,23)/t14-/m0/s1. The molecule has 1 aliphatic heterocycles. The zero-order valence-corrected chi connectivity index (χ0v) is 15.3. The van der Waals surface area contributed by atoms with E-state index in [-0.39, 0.29) is 11.7 Å². The maximum absolute atomic E-state index is 12.1. The lowest BCUT2D eigenvalue weighted by molar-refractivity contribution is -0.131. The van der Waals surface area contributed by atoms with E-state index in [9.17, 15) is 9.59 Å². The number of rotatable bonds is 4. The molecule has 3 rings (SSSR count). The van der Waals surface area contributed by atoms with Gasteiger partial charge in [-0.15, -0.1) is 11.8 Å². The largest absolute Gasteiger partial charge is 0.480 e. The van der Waals surface area contributed by atoms with E-state index < -0.39 is 12.0 Å². The molecule has 5 nitrogen and oxygen atoms in total. The third-order valence-electron chi connectivity index (χ3n) is 3.52. The zero-order valence-electron chi connectivity index (χ0n) is 12.9. The van der Waals surface area contributed by atoms with Crippen molar-refractivity contribution in [3.8, 4) is 5.75 Å². The Hall–Kier alpha value is -1.89. The van der Waals surface area contributed by atoms with Crippen molar-refractivity contribution in [2.45, 2.75) is 17.4 Å². The third kappa shape index (κ3) is 4.60. The molecule has 1 heterocycles. The number of amides is 2. The zero-order chi connectivity index (χ0) is 17.8. The van der Waals surface area contributed by atoms with Crippen LogP contribution in [0.3, 0.4) is 0 Å². The van der Waals surface area contributed by atoms with Crippen molar-refractivity contribution in [2.24, 2.45) is 0 Å². The highest BCUT2D eigenvalue weighted by atomic mass is 35.5. The first-order valence-electron chi connectivity index (χ1n) is 7.44. The van der Waals surface area contributed by atoms with Crippen molar-refractivity contribution in [2.75, 3.05) is 5.75 Å². The number of para-hydroxylation sites is 1. The van der Waals surface area contributed by atoms with Gasteiger partial charge in [-0.2, -0.15) is 0 Å². The van der Waals surface area contributed by atoms with Crippen LogP contribution in [0.4, 0.5) is 0 Å². The van der Waals surface area contributed by atoms with Gasteiger partial charge in [0, 0.05) is 16.3 Å². The van der Waals surface area contributed by atoms with E-state index in [4.69, 9.17) is 27.9 Å². The molecule has 2 aromatic rings. The molecule has 0 aromatic heterocycles. The SMILES string of the molecule is O=C(CSc1cc(Cl)ccc1Cl)NNC(=O)[C@@H]1Cc2ccccc2O1. The summed E-state index contributed by atoms with van der Waals surface area (Å²) in [6, 6.07) is 12.5. The van der Waals surface area contributed by atoms with E-state index in [1.165, 1.54) is 11.8 Å². The third-order valence-corrected chi connectivity index (χ3v) is 5.25. The Morgan fingerprint density at radius 2 is 1.96 bits per heavy atom. The Morgan fingerprint density at radius 1 is 1.16 bits per heavy atom. The molecule has 0 radical (unpaired) electrons. The average Bonchev–Trinajstić information content (AvgIpc) is 3.04. The van der Waals surface area contributed by atoms with E-state index >= 15 is 0 Å². The Labute approximate surface area is 159 Å². The number of hydrazine groups is 1. The molecule has 2 aromatic carbocycles. The van der Waals surface area contributed by atoms with Crippen molar-refractivity contribution in [1.82, 2.24) is 10.9 Å². The van der Waals surface area contributed by atoms with E-state index in [0.717, 1.165) is 5.56 Å². The van der Waals surface area contributed by atoms with Crippen LogP contribution in [-0.2, 0) is 16.0 Å². The van der Waals surface area contributed by atoms with Crippen molar-refractivity contribution < 1.29 is 14.3 Å². The molecule has 1 aliphatic rings. The van der Waals surface area contributed by atoms with Gasteiger partial charge in [0.05, 0.1) is 10.8 Å². The van der Waals surface area contributed by atoms with Crippen molar-refractivity contribution in [1.29, 1.82) is 0 Å². The second kappa shape index (κ2) is 7.99. The Kier molecular flexibility index (Phi) is 5.73. The van der Waals surface area contributed by atoms with Crippen LogP contribution in [0.25, 0.3) is 0 Å². The lowest BCUT2D eigenvalue weighted by atomic mass is 10.1. The van der Waals surface area contributed by atoms with Crippen molar-refractivity contribution in [3.63, 3.8) is 0 Å². The highest BCUT2D eigenvalue weighted by Gasteiger charge is 2.28. The van der Waals surface area contributed by atoms with Gasteiger partial charge in [0.15, 0.2) is 6.10 Å². The molecule has 2 N–H and O–H groups in total. The molecule has 0 fully saturated rings. The molecule has 0 bridgehead atoms. The minimum atomic E-state index is -0.646. The van der Waals surface area contributed by atoms with E-state index in [0.29, 0.717) is 27.1 Å². The summed E-state index contributed by atoms with van der Waals surface area (Å²) >= 11 is 13.2. The summed E-state index contributed by atoms with van der Waals surface area (Å²) in [5.41, 5.74) is 5.73. The first-order chi connectivity index (χ1) is 12.0. The number of benzene rings is 2. The Balaban J connectivity index is 1.45. The summed E-state index contributed by atoms with van der Waals surface area (Å²) < 4.78 is 5.56. The molecule has 0 unspecified atom stereocenters. The molecule has 1 atom stereocenters. The summed E-state index contributed by atoms with van der Waals surface area (Å²) in [6.07, 6.45) is -0.169. The molecule has 0 aliphatic carbocycles. The quantitative estimate of drug-likeness (QED) is 0.614. The van der Waals surface area contributed by atoms with Gasteiger partial charge in [-0.05, 0) is 29.8 Å². The fourth-order valence-corrected chi connectivity index (χ4v) is 3.60. The number of hydrogen-bond acceptors (Lipinski definition) is 4. The topological polar surface area (TPSA) is 67.4 Å². The predicted octanol–water partition coefficient (Wildman–Crippen LogP) is 3.24. The van der Waals surface area contributed by atoms with Crippen molar-refractivity contribution >= 4 is 46.8 Å². The van der Waals surface area contributed by atoms with E-state index in [1.54, 1.807) is 18.2 Å². The second-order valence-electron chi connectivity index (χ2n) is 5.32. The predicted molar refractivity (Wildman–Crippen MR) is 98.0 cm³/mol. The summed E-state index contributed by atoms with van der Waals surface area (Å²) in [4.78, 5) is 24.7. The van der Waals surface area contributed by atoms with Gasteiger partial charge < -0.3 is 4.74 Å². The second-order valence-corrected chi connectivity index (χ2v) is 7.18. The number of fused-ring (bicyclic) bond motifs is 1. The van der Waals surface area contributed by atoms with E-state index in [1.807, 2.05) is 24.3 Å². The van der Waals surface area contributed by atoms with Gasteiger partial charge in [0.2, 0.25) is 5.91 Å². The van der Waals surface area contributed by atoms with Crippen LogP contribution < -0.4 is 15.6 Å². The smallest absolute Gasteiger partial charge is 0.279 e. The Morgan fingerprint density at radius 3 is 2.76 bits per heavy atom. The van der Waals surface area contributed by atoms with Crippen LogP contribution in [-0.4, -0.2) is 23.7 Å². The molecule has 0 saturated heterocycles. The first-order valence-corrected chi connectivity index (χ1v) is 9.18. The number of nitrogens with one attached hydrogen (secondary N) is 2. The summed E-state index contributed by atoms with van der Waals surface area (Å²) in [5.74, 6) is 0.0342. The van der Waals surface area contributed by atoms with Crippen molar-refractivity contribution in [3.05, 3.63) is 58.1 Å². The number of thioether (sulfide) groups is 1. The molecule has 0 spiro atoms. The van der Waals surface area contributed by atoms with Crippen LogP contribution in [0.5, 0.6) is 5.75 Å². The minimum absolute atomic E-state index is 0.0894. The highest BCUT2D eigenvalue weighted by molar-refractivity contribution is 8.00. The van der Waals surface area contributed by atoms with Crippen LogP contribution in [0.1, 0.15) is 5.56 Å². The minimum Gasteiger partial charge on any atom is -0.480 e. The first kappa shape index (κ1) is 17.9. The molecule has 130 valence electrons. The molecular formula is C17H14Cl2N2O3S. The summed E-state index contributed by atoms with van der Waals surface area (Å²) in [7, 11) is 0. The van der Waals surface area contributed by atoms with Gasteiger partial charge >= 0.3 is 0 Å². The summed E-state index contributed by atoms with van der Waals surface area (Å²) in [5, 5.41) is 1.06. The molecule has 0 saturated carbocycles. The monoisotopic (exact) mass is 396 g/mol. The van der Waals surface area contributed by atoms with Gasteiger partial charge in [-0.3, -0.25) is 20.4 Å². The number of hydrogen-bond donors (Lipinski definition) is 2.